The van der Waals surface area contributed by atoms with Crippen molar-refractivity contribution in [2.75, 3.05) is 57.8 Å². The van der Waals surface area contributed by atoms with Gasteiger partial charge in [-0.2, -0.15) is 4.98 Å². The molecule has 0 radical (unpaired) electrons. The molecule has 9 nitrogen and oxygen atoms in total. The number of para-hydroxylation sites is 1. The summed E-state index contributed by atoms with van der Waals surface area (Å²) in [5, 5.41) is 9.73. The molecule has 1 aliphatic rings. The molecule has 1 saturated heterocycles. The zero-order chi connectivity index (χ0) is 26.9. The van der Waals surface area contributed by atoms with Crippen molar-refractivity contribution in [3.8, 4) is 0 Å². The van der Waals surface area contributed by atoms with E-state index in [0.717, 1.165) is 42.4 Å². The number of carbonyl (C=O) groups is 1. The SMILES string of the molecule is CN1CCN(CCOC(=O)N(c2ccccc2)c2ncnc([NH2+]CC(Cl)c3ccc(Br)cc3)c2C=N)CC1. The van der Waals surface area contributed by atoms with Crippen LogP contribution in [0.2, 0.25) is 0 Å². The molecule has 1 aliphatic heterocycles. The van der Waals surface area contributed by atoms with Gasteiger partial charge in [0.1, 0.15) is 30.4 Å². The summed E-state index contributed by atoms with van der Waals surface area (Å²) in [6.07, 6.45) is 2.00. The minimum absolute atomic E-state index is 0.261. The van der Waals surface area contributed by atoms with Crippen LogP contribution < -0.4 is 10.2 Å². The number of nitrogens with two attached hydrogens (primary N) is 1. The number of alkyl halides is 1. The Morgan fingerprint density at radius 2 is 1.87 bits per heavy atom. The number of amides is 1. The van der Waals surface area contributed by atoms with Gasteiger partial charge in [0.2, 0.25) is 5.82 Å². The van der Waals surface area contributed by atoms with Crippen molar-refractivity contribution in [3.05, 3.63) is 76.5 Å². The highest BCUT2D eigenvalue weighted by Crippen LogP contribution is 2.28. The highest BCUT2D eigenvalue weighted by Gasteiger charge is 2.27. The molecule has 1 amide bonds. The zero-order valence-corrected chi connectivity index (χ0v) is 23.6. The number of likely N-dealkylation sites (N-methyl/N-ethyl adjacent to an activating group) is 1. The fourth-order valence-electron chi connectivity index (χ4n) is 4.19. The summed E-state index contributed by atoms with van der Waals surface area (Å²) in [4.78, 5) is 28.2. The van der Waals surface area contributed by atoms with E-state index in [1.807, 2.05) is 59.9 Å². The molecule has 2 heterocycles. The van der Waals surface area contributed by atoms with Gasteiger partial charge in [-0.3, -0.25) is 10.2 Å². The molecule has 0 aliphatic carbocycles. The zero-order valence-electron chi connectivity index (χ0n) is 21.3. The van der Waals surface area contributed by atoms with Gasteiger partial charge in [-0.25, -0.2) is 14.7 Å². The normalized spacial score (nSPS) is 15.1. The number of rotatable bonds is 10. The van der Waals surface area contributed by atoms with E-state index in [9.17, 15) is 4.79 Å². The number of benzene rings is 2. The first-order valence-electron chi connectivity index (χ1n) is 12.5. The minimum atomic E-state index is -0.553. The Bertz CT molecular complexity index is 1210. The van der Waals surface area contributed by atoms with Crippen LogP contribution in [0.4, 0.5) is 22.1 Å². The van der Waals surface area contributed by atoms with Crippen molar-refractivity contribution in [3.63, 3.8) is 0 Å². The van der Waals surface area contributed by atoms with Crippen molar-refractivity contribution in [2.24, 2.45) is 0 Å². The third-order valence-corrected chi connectivity index (χ3v) is 7.38. The minimum Gasteiger partial charge on any atom is -0.448 e. The van der Waals surface area contributed by atoms with Crippen LogP contribution in [0.25, 0.3) is 0 Å². The lowest BCUT2D eigenvalue weighted by Gasteiger charge is -2.32. The molecule has 1 unspecified atom stereocenters. The van der Waals surface area contributed by atoms with Crippen LogP contribution in [-0.2, 0) is 4.74 Å². The summed E-state index contributed by atoms with van der Waals surface area (Å²) < 4.78 is 6.69. The first-order valence-corrected chi connectivity index (χ1v) is 13.7. The number of piperazine rings is 1. The van der Waals surface area contributed by atoms with E-state index in [1.165, 1.54) is 11.2 Å². The van der Waals surface area contributed by atoms with Gasteiger partial charge < -0.3 is 15.0 Å². The van der Waals surface area contributed by atoms with Crippen LogP contribution in [0, 0.1) is 5.41 Å². The van der Waals surface area contributed by atoms with Crippen molar-refractivity contribution < 1.29 is 14.8 Å². The maximum absolute atomic E-state index is 13.4. The highest BCUT2D eigenvalue weighted by atomic mass is 79.9. The van der Waals surface area contributed by atoms with Crippen LogP contribution in [0.15, 0.2) is 65.4 Å². The van der Waals surface area contributed by atoms with Crippen molar-refractivity contribution in [1.29, 1.82) is 5.41 Å². The van der Waals surface area contributed by atoms with Gasteiger partial charge >= 0.3 is 6.09 Å². The Morgan fingerprint density at radius 3 is 2.55 bits per heavy atom. The summed E-state index contributed by atoms with van der Waals surface area (Å²) in [6, 6.07) is 17.0. The predicted octanol–water partition coefficient (Wildman–Crippen LogP) is 3.93. The number of quaternary nitrogens is 1. The van der Waals surface area contributed by atoms with Crippen LogP contribution >= 0.6 is 27.5 Å². The topological polar surface area (TPSA) is 102 Å². The molecule has 2 aromatic carbocycles. The van der Waals surface area contributed by atoms with E-state index in [-0.39, 0.29) is 17.8 Å². The molecule has 3 N–H and O–H groups in total. The number of ether oxygens (including phenoxy) is 1. The van der Waals surface area contributed by atoms with E-state index in [4.69, 9.17) is 21.7 Å². The molecule has 4 rings (SSSR count). The number of hydrogen-bond acceptors (Lipinski definition) is 7. The number of halogens is 2. The predicted molar refractivity (Wildman–Crippen MR) is 153 cm³/mol. The van der Waals surface area contributed by atoms with Crippen LogP contribution in [0.1, 0.15) is 16.5 Å². The molecule has 1 fully saturated rings. The first-order chi connectivity index (χ1) is 18.5. The number of hydrogen-bond donors (Lipinski definition) is 2. The van der Waals surface area contributed by atoms with Crippen molar-refractivity contribution in [2.45, 2.75) is 5.38 Å². The second-order valence-corrected chi connectivity index (χ2v) is 10.5. The van der Waals surface area contributed by atoms with Gasteiger partial charge in [0.05, 0.1) is 5.69 Å². The van der Waals surface area contributed by atoms with Gasteiger partial charge in [-0.1, -0.05) is 46.3 Å². The molecule has 200 valence electrons. The van der Waals surface area contributed by atoms with Crippen molar-refractivity contribution >= 4 is 57.2 Å². The third kappa shape index (κ3) is 7.36. The summed E-state index contributed by atoms with van der Waals surface area (Å²) in [7, 11) is 2.11. The van der Waals surface area contributed by atoms with Crippen LogP contribution in [0.5, 0.6) is 0 Å². The van der Waals surface area contributed by atoms with E-state index in [0.29, 0.717) is 30.2 Å². The lowest BCUT2D eigenvalue weighted by molar-refractivity contribution is -0.575. The number of nitrogens with zero attached hydrogens (tertiary/aromatic N) is 5. The van der Waals surface area contributed by atoms with E-state index in [2.05, 4.69) is 42.7 Å². The fraction of sp³-hybridized carbons (Fsp3) is 0.333. The monoisotopic (exact) mass is 600 g/mol. The number of nitrogens with one attached hydrogen (secondary N) is 1. The third-order valence-electron chi connectivity index (χ3n) is 6.43. The van der Waals surface area contributed by atoms with Crippen LogP contribution in [-0.4, -0.2) is 85.0 Å². The van der Waals surface area contributed by atoms with E-state index in [1.54, 1.807) is 0 Å². The molecular weight excluding hydrogens is 570 g/mol. The largest absolute Gasteiger partial charge is 0.448 e. The molecule has 0 bridgehead atoms. The Balaban J connectivity index is 1.51. The average molecular weight is 602 g/mol. The molecule has 1 aromatic heterocycles. The molecule has 3 aromatic rings. The Labute approximate surface area is 236 Å². The number of anilines is 2. The lowest BCUT2D eigenvalue weighted by Crippen LogP contribution is -2.79. The Kier molecular flexibility index (Phi) is 10.2. The standard InChI is InChI=1S/C27H31BrClN7O2/c1-34-11-13-35(14-12-34)15-16-38-27(37)36(22-5-3-2-4-6-22)26-23(17-30)25(32-19-33-26)31-18-24(29)20-7-9-21(28)10-8-20/h2-10,17,19,24,30H,11-16,18H2,1H3,(H,31,32,33)/p+1. The molecule has 11 heteroatoms. The van der Waals surface area contributed by atoms with Gasteiger partial charge in [-0.05, 0) is 36.9 Å². The quantitative estimate of drug-likeness (QED) is 0.270. The van der Waals surface area contributed by atoms with Gasteiger partial charge in [-0.15, -0.1) is 11.6 Å². The number of aromatic nitrogens is 2. The molecule has 0 saturated carbocycles. The molecule has 1 atom stereocenters. The Morgan fingerprint density at radius 1 is 1.16 bits per heavy atom. The lowest BCUT2D eigenvalue weighted by atomic mass is 10.1. The number of carbonyl (C=O) groups excluding carboxylic acids is 1. The fourth-order valence-corrected chi connectivity index (χ4v) is 4.69. The maximum Gasteiger partial charge on any atom is 0.420 e. The summed E-state index contributed by atoms with van der Waals surface area (Å²) >= 11 is 10.1. The second-order valence-electron chi connectivity index (χ2n) is 9.03. The first kappa shape index (κ1) is 28.1. The summed E-state index contributed by atoms with van der Waals surface area (Å²) in [5.41, 5.74) is 1.98. The van der Waals surface area contributed by atoms with E-state index >= 15 is 0 Å². The highest BCUT2D eigenvalue weighted by molar-refractivity contribution is 9.10. The summed E-state index contributed by atoms with van der Waals surface area (Å²) in [6.45, 7) is 5.30. The maximum atomic E-state index is 13.4. The molecular formula is C27H32BrClN7O2+. The average Bonchev–Trinajstić information content (AvgIpc) is 2.94. The van der Waals surface area contributed by atoms with Gasteiger partial charge in [0.15, 0.2) is 5.82 Å². The Hall–Kier alpha value is -2.89. The summed E-state index contributed by atoms with van der Waals surface area (Å²) in [5.74, 6) is 0.811. The molecule has 0 spiro atoms. The van der Waals surface area contributed by atoms with Crippen molar-refractivity contribution in [1.82, 2.24) is 19.8 Å². The van der Waals surface area contributed by atoms with Crippen LogP contribution in [0.3, 0.4) is 0 Å². The smallest absolute Gasteiger partial charge is 0.420 e. The van der Waals surface area contributed by atoms with E-state index < -0.39 is 6.09 Å². The second kappa shape index (κ2) is 13.8. The molecule has 38 heavy (non-hydrogen) atoms. The van der Waals surface area contributed by atoms with Gasteiger partial charge in [0, 0.05) is 43.4 Å². The van der Waals surface area contributed by atoms with Gasteiger partial charge in [0.25, 0.3) is 0 Å².